The molecule has 0 radical (unpaired) electrons. The van der Waals surface area contributed by atoms with Crippen LogP contribution in [-0.4, -0.2) is 28.9 Å². The molecule has 3 aromatic rings. The Bertz CT molecular complexity index is 1030. The molecule has 1 unspecified atom stereocenters. The number of nitrogens with zero attached hydrogens (tertiary/aromatic N) is 3. The molecular weight excluding hydrogens is 404 g/mol. The Hall–Kier alpha value is -3.14. The van der Waals surface area contributed by atoms with Crippen molar-refractivity contribution in [3.8, 4) is 6.07 Å². The maximum absolute atomic E-state index is 12.7. The lowest BCUT2D eigenvalue weighted by Crippen LogP contribution is -2.35. The number of likely N-dealkylation sites (N-methyl/N-ethyl adjacent to an activating group) is 1. The van der Waals surface area contributed by atoms with E-state index in [0.29, 0.717) is 12.1 Å². The average Bonchev–Trinajstić information content (AvgIpc) is 2.82. The number of anilines is 1. The molecule has 1 heterocycles. The van der Waals surface area contributed by atoms with E-state index < -0.39 is 0 Å². The Morgan fingerprint density at radius 2 is 1.97 bits per heavy atom. The van der Waals surface area contributed by atoms with Crippen LogP contribution in [0, 0.1) is 11.3 Å². The largest absolute Gasteiger partial charge is 0.325 e. The Kier molecular flexibility index (Phi) is 8.22. The first-order chi connectivity index (χ1) is 15.1. The van der Waals surface area contributed by atoms with E-state index in [4.69, 9.17) is 5.26 Å². The van der Waals surface area contributed by atoms with Crippen molar-refractivity contribution in [2.24, 2.45) is 0 Å². The van der Waals surface area contributed by atoms with Crippen molar-refractivity contribution >= 4 is 23.4 Å². The average molecular weight is 431 g/mol. The quantitative estimate of drug-likeness (QED) is 0.469. The summed E-state index contributed by atoms with van der Waals surface area (Å²) in [6.07, 6.45) is 1.79. The van der Waals surface area contributed by atoms with Gasteiger partial charge in [0, 0.05) is 23.7 Å². The number of nitrogens with one attached hydrogen (secondary N) is 1. The third kappa shape index (κ3) is 6.68. The van der Waals surface area contributed by atoms with Gasteiger partial charge in [-0.3, -0.25) is 9.69 Å². The Labute approximate surface area is 188 Å². The number of carbonyl (C=O) groups excluding carboxylic acids is 1. The number of hydrogen-bond donors (Lipinski definition) is 1. The lowest BCUT2D eigenvalue weighted by molar-refractivity contribution is -0.117. The van der Waals surface area contributed by atoms with Gasteiger partial charge in [0.15, 0.2) is 0 Å². The predicted octanol–water partition coefficient (Wildman–Crippen LogP) is 5.27. The van der Waals surface area contributed by atoms with Crippen LogP contribution in [0.2, 0.25) is 0 Å². The number of benzene rings is 2. The second-order valence-corrected chi connectivity index (χ2v) is 8.17. The monoisotopic (exact) mass is 430 g/mol. The van der Waals surface area contributed by atoms with Crippen LogP contribution in [0.3, 0.4) is 0 Å². The molecule has 0 aliphatic heterocycles. The maximum atomic E-state index is 12.7. The molecule has 0 saturated carbocycles. The Morgan fingerprint density at radius 3 is 2.65 bits per heavy atom. The summed E-state index contributed by atoms with van der Waals surface area (Å²) in [5, 5.41) is 13.0. The third-order valence-corrected chi connectivity index (χ3v) is 6.07. The second kappa shape index (κ2) is 11.3. The smallest absolute Gasteiger partial charge is 0.238 e. The topological polar surface area (TPSA) is 69.0 Å². The molecule has 6 heteroatoms. The molecule has 31 heavy (non-hydrogen) atoms. The minimum absolute atomic E-state index is 0.0446. The second-order valence-electron chi connectivity index (χ2n) is 7.18. The highest BCUT2D eigenvalue weighted by Gasteiger charge is 2.17. The van der Waals surface area contributed by atoms with Crippen molar-refractivity contribution in [2.45, 2.75) is 30.7 Å². The van der Waals surface area contributed by atoms with E-state index in [-0.39, 0.29) is 11.9 Å². The molecule has 2 aromatic carbocycles. The van der Waals surface area contributed by atoms with E-state index in [1.54, 1.807) is 18.0 Å². The summed E-state index contributed by atoms with van der Waals surface area (Å²) in [6.45, 7) is 5.16. The zero-order chi connectivity index (χ0) is 22.1. The highest BCUT2D eigenvalue weighted by atomic mass is 32.2. The van der Waals surface area contributed by atoms with E-state index in [0.717, 1.165) is 34.1 Å². The van der Waals surface area contributed by atoms with Gasteiger partial charge in [0.05, 0.1) is 23.2 Å². The molecule has 0 aliphatic rings. The van der Waals surface area contributed by atoms with Crippen molar-refractivity contribution in [1.29, 1.82) is 5.26 Å². The van der Waals surface area contributed by atoms with Gasteiger partial charge in [-0.1, -0.05) is 37.3 Å². The van der Waals surface area contributed by atoms with Crippen LogP contribution in [0.1, 0.15) is 36.6 Å². The first-order valence-corrected chi connectivity index (χ1v) is 11.2. The third-order valence-electron chi connectivity index (χ3n) is 5.06. The lowest BCUT2D eigenvalue weighted by atomic mass is 10.0. The van der Waals surface area contributed by atoms with Crippen LogP contribution < -0.4 is 5.32 Å². The number of carbonyl (C=O) groups is 1. The van der Waals surface area contributed by atoms with Crippen LogP contribution in [-0.2, 0) is 10.5 Å². The van der Waals surface area contributed by atoms with E-state index in [1.807, 2.05) is 67.6 Å². The molecule has 0 saturated heterocycles. The van der Waals surface area contributed by atoms with Gasteiger partial charge in [0.2, 0.25) is 5.91 Å². The van der Waals surface area contributed by atoms with E-state index >= 15 is 0 Å². The number of amides is 1. The summed E-state index contributed by atoms with van der Waals surface area (Å²) in [6, 6.07) is 23.5. The summed E-state index contributed by atoms with van der Waals surface area (Å²) in [4.78, 5) is 19.1. The molecule has 1 amide bonds. The zero-order valence-electron chi connectivity index (χ0n) is 17.8. The molecule has 0 aliphatic carbocycles. The van der Waals surface area contributed by atoms with Gasteiger partial charge in [-0.05, 0) is 61.0 Å². The molecule has 3 rings (SSSR count). The number of pyridine rings is 1. The van der Waals surface area contributed by atoms with E-state index in [9.17, 15) is 4.79 Å². The first kappa shape index (κ1) is 22.5. The molecule has 158 valence electrons. The SMILES string of the molecule is CCN(CC(=O)Nc1cccc(CSc2ccccn2)c1)C(C)c1ccc(C#N)cc1. The van der Waals surface area contributed by atoms with E-state index in [2.05, 4.69) is 34.3 Å². The molecule has 1 atom stereocenters. The van der Waals surface area contributed by atoms with Crippen molar-refractivity contribution in [3.05, 3.63) is 89.6 Å². The number of hydrogen-bond acceptors (Lipinski definition) is 5. The predicted molar refractivity (Wildman–Crippen MR) is 126 cm³/mol. The summed E-state index contributed by atoms with van der Waals surface area (Å²) in [5.74, 6) is 0.745. The Balaban J connectivity index is 1.57. The number of thioether (sulfide) groups is 1. The molecule has 0 bridgehead atoms. The summed E-state index contributed by atoms with van der Waals surface area (Å²) in [7, 11) is 0. The maximum Gasteiger partial charge on any atom is 0.238 e. The lowest BCUT2D eigenvalue weighted by Gasteiger charge is -2.27. The van der Waals surface area contributed by atoms with Gasteiger partial charge in [-0.15, -0.1) is 11.8 Å². The van der Waals surface area contributed by atoms with Gasteiger partial charge < -0.3 is 5.32 Å². The summed E-state index contributed by atoms with van der Waals surface area (Å²) < 4.78 is 0. The molecule has 0 spiro atoms. The molecule has 0 fully saturated rings. The van der Waals surface area contributed by atoms with Gasteiger partial charge >= 0.3 is 0 Å². The fourth-order valence-corrected chi connectivity index (χ4v) is 4.09. The standard InChI is InChI=1S/C25H26N4OS/c1-3-29(19(2)22-12-10-20(16-26)11-13-22)17-24(30)28-23-8-6-7-21(15-23)18-31-25-9-4-5-14-27-25/h4-15,19H,3,17-18H2,1-2H3,(H,28,30). The molecule has 1 aromatic heterocycles. The fraction of sp³-hybridized carbons (Fsp3) is 0.240. The van der Waals surface area contributed by atoms with Crippen LogP contribution in [0.5, 0.6) is 0 Å². The van der Waals surface area contributed by atoms with Crippen LogP contribution in [0.4, 0.5) is 5.69 Å². The Morgan fingerprint density at radius 1 is 1.16 bits per heavy atom. The van der Waals surface area contributed by atoms with Crippen molar-refractivity contribution in [1.82, 2.24) is 9.88 Å². The highest BCUT2D eigenvalue weighted by Crippen LogP contribution is 2.23. The minimum Gasteiger partial charge on any atom is -0.325 e. The van der Waals surface area contributed by atoms with Crippen LogP contribution in [0.15, 0.2) is 78.0 Å². The zero-order valence-corrected chi connectivity index (χ0v) is 18.6. The van der Waals surface area contributed by atoms with Crippen LogP contribution in [0.25, 0.3) is 0 Å². The molecular formula is C25H26N4OS. The van der Waals surface area contributed by atoms with Gasteiger partial charge in [-0.25, -0.2) is 4.98 Å². The van der Waals surface area contributed by atoms with E-state index in [1.165, 1.54) is 0 Å². The minimum atomic E-state index is -0.0446. The number of aromatic nitrogens is 1. The number of nitriles is 1. The molecule has 5 nitrogen and oxygen atoms in total. The summed E-state index contributed by atoms with van der Waals surface area (Å²) >= 11 is 1.67. The molecule has 1 N–H and O–H groups in total. The summed E-state index contributed by atoms with van der Waals surface area (Å²) in [5.41, 5.74) is 3.65. The number of rotatable bonds is 9. The highest BCUT2D eigenvalue weighted by molar-refractivity contribution is 7.98. The van der Waals surface area contributed by atoms with Gasteiger partial charge in [0.25, 0.3) is 0 Å². The fourth-order valence-electron chi connectivity index (χ4n) is 3.28. The first-order valence-electron chi connectivity index (χ1n) is 10.3. The van der Waals surface area contributed by atoms with Gasteiger partial charge in [-0.2, -0.15) is 5.26 Å². The van der Waals surface area contributed by atoms with Crippen molar-refractivity contribution in [3.63, 3.8) is 0 Å². The van der Waals surface area contributed by atoms with Crippen LogP contribution >= 0.6 is 11.8 Å². The van der Waals surface area contributed by atoms with Crippen molar-refractivity contribution in [2.75, 3.05) is 18.4 Å². The normalized spacial score (nSPS) is 11.7. The van der Waals surface area contributed by atoms with Crippen molar-refractivity contribution < 1.29 is 4.79 Å². The van der Waals surface area contributed by atoms with Gasteiger partial charge in [0.1, 0.15) is 0 Å².